The number of likely N-dealkylation sites (tertiary alicyclic amines) is 1. The molecule has 4 heterocycles. The Balaban J connectivity index is 1.39. The first-order valence-electron chi connectivity index (χ1n) is 8.96. The summed E-state index contributed by atoms with van der Waals surface area (Å²) in [5.41, 5.74) is 3.29. The molecule has 5 rings (SSSR count). The Morgan fingerprint density at radius 1 is 1.26 bits per heavy atom. The smallest absolute Gasteiger partial charge is 0.270 e. The highest BCUT2D eigenvalue weighted by atomic mass is 16.5. The molecule has 0 radical (unpaired) electrons. The number of hydrogen-bond donors (Lipinski definition) is 1. The number of H-pyrrole nitrogens is 1. The quantitative estimate of drug-likeness (QED) is 0.609. The highest BCUT2D eigenvalue weighted by molar-refractivity contribution is 5.98. The Labute approximate surface area is 155 Å². The van der Waals surface area contributed by atoms with Crippen LogP contribution >= 0.6 is 0 Å². The molecule has 4 aromatic rings. The van der Waals surface area contributed by atoms with Crippen molar-refractivity contribution in [3.05, 3.63) is 54.6 Å². The van der Waals surface area contributed by atoms with Crippen LogP contribution in [-0.4, -0.2) is 50.5 Å². The summed E-state index contributed by atoms with van der Waals surface area (Å²) in [7, 11) is 1.64. The standard InChI is InChI=1S/C20H19N5O2/c1-27-15-4-5-16-13(9-15)10-18(23-16)20(26)24-8-6-14(11-24)25-12-22-17-3-2-7-21-19(17)25/h2-5,7,9-10,12,14,23H,6,8,11H2,1H3/t14-/m1/s1. The monoisotopic (exact) mass is 361 g/mol. The third-order valence-corrected chi connectivity index (χ3v) is 5.23. The number of benzene rings is 1. The van der Waals surface area contributed by atoms with E-state index >= 15 is 0 Å². The maximum atomic E-state index is 13.0. The molecular formula is C20H19N5O2. The Morgan fingerprint density at radius 2 is 2.19 bits per heavy atom. The summed E-state index contributed by atoms with van der Waals surface area (Å²) in [4.78, 5) is 26.9. The lowest BCUT2D eigenvalue weighted by Gasteiger charge is -2.16. The zero-order chi connectivity index (χ0) is 18.4. The largest absolute Gasteiger partial charge is 0.497 e. The van der Waals surface area contributed by atoms with Crippen molar-refractivity contribution in [1.82, 2.24) is 24.4 Å². The maximum absolute atomic E-state index is 13.0. The van der Waals surface area contributed by atoms with E-state index in [-0.39, 0.29) is 11.9 Å². The van der Waals surface area contributed by atoms with Gasteiger partial charge in [0.15, 0.2) is 5.65 Å². The van der Waals surface area contributed by atoms with Gasteiger partial charge in [0.25, 0.3) is 5.91 Å². The summed E-state index contributed by atoms with van der Waals surface area (Å²) >= 11 is 0. The molecule has 1 aliphatic rings. The fourth-order valence-corrected chi connectivity index (χ4v) is 3.81. The highest BCUT2D eigenvalue weighted by Gasteiger charge is 2.29. The minimum absolute atomic E-state index is 0.0186. The number of nitrogens with one attached hydrogen (secondary N) is 1. The number of fused-ring (bicyclic) bond motifs is 2. The molecule has 3 aromatic heterocycles. The van der Waals surface area contributed by atoms with Crippen LogP contribution in [0.3, 0.4) is 0 Å². The van der Waals surface area contributed by atoms with E-state index in [1.807, 2.05) is 47.6 Å². The van der Waals surface area contributed by atoms with Crippen LogP contribution in [0.15, 0.2) is 48.9 Å². The zero-order valence-electron chi connectivity index (χ0n) is 14.9. The molecule has 27 heavy (non-hydrogen) atoms. The van der Waals surface area contributed by atoms with Gasteiger partial charge in [0.05, 0.1) is 19.5 Å². The van der Waals surface area contributed by atoms with Crippen LogP contribution in [0.2, 0.25) is 0 Å². The molecule has 7 nitrogen and oxygen atoms in total. The SMILES string of the molecule is COc1ccc2[nH]c(C(=O)N3CC[C@@H](n4cnc5cccnc54)C3)cc2c1. The van der Waals surface area contributed by atoms with Gasteiger partial charge < -0.3 is 19.2 Å². The van der Waals surface area contributed by atoms with Gasteiger partial charge in [-0.25, -0.2) is 9.97 Å². The van der Waals surface area contributed by atoms with Crippen LogP contribution in [0.5, 0.6) is 5.75 Å². The second-order valence-electron chi connectivity index (χ2n) is 6.83. The van der Waals surface area contributed by atoms with E-state index in [4.69, 9.17) is 4.74 Å². The minimum Gasteiger partial charge on any atom is -0.497 e. The molecule has 1 atom stereocenters. The van der Waals surface area contributed by atoms with E-state index in [0.29, 0.717) is 18.8 Å². The van der Waals surface area contributed by atoms with Gasteiger partial charge in [0.2, 0.25) is 0 Å². The zero-order valence-corrected chi connectivity index (χ0v) is 14.9. The van der Waals surface area contributed by atoms with Crippen molar-refractivity contribution in [2.24, 2.45) is 0 Å². The van der Waals surface area contributed by atoms with Gasteiger partial charge in [-0.2, -0.15) is 0 Å². The molecule has 1 saturated heterocycles. The molecule has 1 aromatic carbocycles. The van der Waals surface area contributed by atoms with Crippen LogP contribution < -0.4 is 4.74 Å². The second-order valence-corrected chi connectivity index (χ2v) is 6.83. The number of nitrogens with zero attached hydrogens (tertiary/aromatic N) is 4. The summed E-state index contributed by atoms with van der Waals surface area (Å²) in [6.45, 7) is 1.37. The molecule has 0 saturated carbocycles. The Kier molecular flexibility index (Phi) is 3.60. The average Bonchev–Trinajstić information content (AvgIpc) is 3.43. The van der Waals surface area contributed by atoms with Crippen LogP contribution in [-0.2, 0) is 0 Å². The van der Waals surface area contributed by atoms with Gasteiger partial charge >= 0.3 is 0 Å². The number of aromatic nitrogens is 4. The van der Waals surface area contributed by atoms with E-state index in [1.54, 1.807) is 13.3 Å². The third-order valence-electron chi connectivity index (χ3n) is 5.23. The van der Waals surface area contributed by atoms with Crippen molar-refractivity contribution in [2.75, 3.05) is 20.2 Å². The van der Waals surface area contributed by atoms with Crippen LogP contribution in [0, 0.1) is 0 Å². The van der Waals surface area contributed by atoms with Crippen LogP contribution in [0.4, 0.5) is 0 Å². The maximum Gasteiger partial charge on any atom is 0.270 e. The van der Waals surface area contributed by atoms with Gasteiger partial charge in [-0.15, -0.1) is 0 Å². The summed E-state index contributed by atoms with van der Waals surface area (Å²) in [6, 6.07) is 11.7. The number of ether oxygens (including phenoxy) is 1. The van der Waals surface area contributed by atoms with E-state index in [1.165, 1.54) is 0 Å². The first-order chi connectivity index (χ1) is 13.2. The van der Waals surface area contributed by atoms with E-state index in [9.17, 15) is 4.79 Å². The van der Waals surface area contributed by atoms with Crippen molar-refractivity contribution in [3.63, 3.8) is 0 Å². The average molecular weight is 361 g/mol. The summed E-state index contributed by atoms with van der Waals surface area (Å²) in [6.07, 6.45) is 4.49. The number of carbonyl (C=O) groups is 1. The Morgan fingerprint density at radius 3 is 3.07 bits per heavy atom. The van der Waals surface area contributed by atoms with Gasteiger partial charge in [-0.05, 0) is 42.8 Å². The van der Waals surface area contributed by atoms with Crippen molar-refractivity contribution in [2.45, 2.75) is 12.5 Å². The third kappa shape index (κ3) is 2.63. The van der Waals surface area contributed by atoms with Gasteiger partial charge in [0.1, 0.15) is 17.0 Å². The molecule has 0 spiro atoms. The Bertz CT molecular complexity index is 1150. The first kappa shape index (κ1) is 15.9. The van der Waals surface area contributed by atoms with Gasteiger partial charge in [0, 0.05) is 30.2 Å². The number of amides is 1. The van der Waals surface area contributed by atoms with Crippen molar-refractivity contribution in [1.29, 1.82) is 0 Å². The van der Waals surface area contributed by atoms with E-state index in [2.05, 4.69) is 19.5 Å². The number of aromatic amines is 1. The lowest BCUT2D eigenvalue weighted by molar-refractivity contribution is 0.0783. The minimum atomic E-state index is 0.0186. The summed E-state index contributed by atoms with van der Waals surface area (Å²) < 4.78 is 7.34. The normalized spacial score (nSPS) is 17.1. The van der Waals surface area contributed by atoms with Crippen molar-refractivity contribution >= 4 is 28.0 Å². The highest BCUT2D eigenvalue weighted by Crippen LogP contribution is 2.27. The summed E-state index contributed by atoms with van der Waals surface area (Å²) in [5, 5.41) is 0.971. The lowest BCUT2D eigenvalue weighted by Crippen LogP contribution is -2.29. The molecule has 7 heteroatoms. The lowest BCUT2D eigenvalue weighted by atomic mass is 10.2. The number of hydrogen-bond acceptors (Lipinski definition) is 4. The topological polar surface area (TPSA) is 76.0 Å². The predicted molar refractivity (Wildman–Crippen MR) is 102 cm³/mol. The number of methoxy groups -OCH3 is 1. The molecule has 0 aliphatic carbocycles. The number of rotatable bonds is 3. The second kappa shape index (κ2) is 6.12. The molecular weight excluding hydrogens is 342 g/mol. The Hall–Kier alpha value is -3.35. The van der Waals surface area contributed by atoms with Gasteiger partial charge in [-0.3, -0.25) is 4.79 Å². The predicted octanol–water partition coefficient (Wildman–Crippen LogP) is 3.01. The van der Waals surface area contributed by atoms with Crippen LogP contribution in [0.25, 0.3) is 22.1 Å². The number of imidazole rings is 1. The van der Waals surface area contributed by atoms with Crippen LogP contribution in [0.1, 0.15) is 23.0 Å². The fraction of sp³-hybridized carbons (Fsp3) is 0.250. The molecule has 136 valence electrons. The summed E-state index contributed by atoms with van der Waals surface area (Å²) in [5.74, 6) is 0.797. The molecule has 0 bridgehead atoms. The van der Waals surface area contributed by atoms with Crippen molar-refractivity contribution < 1.29 is 9.53 Å². The molecule has 1 amide bonds. The molecule has 0 unspecified atom stereocenters. The van der Waals surface area contributed by atoms with Crippen molar-refractivity contribution in [3.8, 4) is 5.75 Å². The van der Waals surface area contributed by atoms with Gasteiger partial charge in [-0.1, -0.05) is 0 Å². The molecule has 1 aliphatic heterocycles. The number of carbonyl (C=O) groups excluding carboxylic acids is 1. The molecule has 1 fully saturated rings. The van der Waals surface area contributed by atoms with E-state index < -0.39 is 0 Å². The number of pyridine rings is 1. The van der Waals surface area contributed by atoms with E-state index in [0.717, 1.165) is 34.2 Å². The molecule has 1 N–H and O–H groups in total. The fourth-order valence-electron chi connectivity index (χ4n) is 3.81. The first-order valence-corrected chi connectivity index (χ1v) is 8.96.